The summed E-state index contributed by atoms with van der Waals surface area (Å²) in [5.74, 6) is 0.277. The minimum atomic E-state index is -3.89. The molecule has 1 amide bonds. The molecule has 0 radical (unpaired) electrons. The van der Waals surface area contributed by atoms with Crippen LogP contribution in [0, 0.1) is 0 Å². The number of rotatable bonds is 8. The molecular formula is C24H25N3O5S2. The van der Waals surface area contributed by atoms with Crippen LogP contribution >= 0.6 is 11.3 Å². The van der Waals surface area contributed by atoms with E-state index in [1.54, 1.807) is 43.5 Å². The number of nitrogens with one attached hydrogen (secondary N) is 2. The second-order valence-electron chi connectivity index (χ2n) is 7.45. The first-order valence-electron chi connectivity index (χ1n) is 10.6. The van der Waals surface area contributed by atoms with Gasteiger partial charge in [-0.1, -0.05) is 6.07 Å². The molecule has 0 atom stereocenters. The Morgan fingerprint density at radius 3 is 2.56 bits per heavy atom. The van der Waals surface area contributed by atoms with Crippen molar-refractivity contribution in [3.8, 4) is 5.75 Å². The molecule has 10 heteroatoms. The van der Waals surface area contributed by atoms with E-state index in [4.69, 9.17) is 9.47 Å². The molecule has 1 fully saturated rings. The van der Waals surface area contributed by atoms with Crippen LogP contribution in [0.4, 0.5) is 17.1 Å². The number of benzene rings is 2. The minimum Gasteiger partial charge on any atom is -0.497 e. The van der Waals surface area contributed by atoms with Crippen LogP contribution < -0.4 is 19.7 Å². The number of amides is 1. The van der Waals surface area contributed by atoms with Gasteiger partial charge in [-0.2, -0.15) is 0 Å². The second-order valence-corrected chi connectivity index (χ2v) is 10.1. The van der Waals surface area contributed by atoms with Crippen molar-refractivity contribution >= 4 is 50.4 Å². The first kappa shape index (κ1) is 23.8. The molecule has 1 aromatic heterocycles. The predicted octanol–water partition coefficient (Wildman–Crippen LogP) is 4.05. The highest BCUT2D eigenvalue weighted by Gasteiger charge is 2.21. The van der Waals surface area contributed by atoms with E-state index in [1.807, 2.05) is 17.5 Å². The summed E-state index contributed by atoms with van der Waals surface area (Å²) >= 11 is 1.52. The Hall–Kier alpha value is -3.34. The van der Waals surface area contributed by atoms with Crippen LogP contribution in [-0.2, 0) is 19.6 Å². The number of carbonyl (C=O) groups is 1. The summed E-state index contributed by atoms with van der Waals surface area (Å²) in [6.07, 6.45) is 3.16. The molecule has 2 N–H and O–H groups in total. The normalized spacial score (nSPS) is 14.2. The third-order valence-corrected chi connectivity index (χ3v) is 7.39. The first-order valence-corrected chi connectivity index (χ1v) is 13.0. The maximum absolute atomic E-state index is 13.1. The van der Waals surface area contributed by atoms with Crippen molar-refractivity contribution in [3.05, 3.63) is 70.9 Å². The quantitative estimate of drug-likeness (QED) is 0.454. The van der Waals surface area contributed by atoms with Gasteiger partial charge < -0.3 is 19.7 Å². The van der Waals surface area contributed by atoms with E-state index in [0.717, 1.165) is 10.6 Å². The van der Waals surface area contributed by atoms with Crippen molar-refractivity contribution in [3.63, 3.8) is 0 Å². The monoisotopic (exact) mass is 499 g/mol. The number of morpholine rings is 1. The van der Waals surface area contributed by atoms with Crippen molar-refractivity contribution in [1.82, 2.24) is 0 Å². The fourth-order valence-electron chi connectivity index (χ4n) is 3.45. The maximum Gasteiger partial charge on any atom is 0.261 e. The molecule has 2 heterocycles. The van der Waals surface area contributed by atoms with Crippen LogP contribution in [0.2, 0.25) is 0 Å². The SMILES string of the molecule is COc1ccc(NS(=O)(=O)c2ccc(N3CCOCC3)c(NC(=O)C=Cc3cccs3)c2)cc1. The van der Waals surface area contributed by atoms with Gasteiger partial charge in [0.1, 0.15) is 5.75 Å². The van der Waals surface area contributed by atoms with Crippen LogP contribution in [0.5, 0.6) is 5.75 Å². The maximum atomic E-state index is 13.1. The van der Waals surface area contributed by atoms with Crippen molar-refractivity contribution in [2.24, 2.45) is 0 Å². The Bertz CT molecular complexity index is 1250. The van der Waals surface area contributed by atoms with Crippen LogP contribution in [0.3, 0.4) is 0 Å². The molecule has 2 aromatic carbocycles. The van der Waals surface area contributed by atoms with E-state index in [2.05, 4.69) is 14.9 Å². The smallest absolute Gasteiger partial charge is 0.261 e. The Kier molecular flexibility index (Phi) is 7.51. The van der Waals surface area contributed by atoms with Crippen molar-refractivity contribution in [2.45, 2.75) is 4.90 Å². The number of hydrogen-bond acceptors (Lipinski definition) is 7. The minimum absolute atomic E-state index is 0.0397. The largest absolute Gasteiger partial charge is 0.497 e. The van der Waals surface area contributed by atoms with Crippen molar-refractivity contribution in [2.75, 3.05) is 48.4 Å². The molecule has 34 heavy (non-hydrogen) atoms. The fourth-order valence-corrected chi connectivity index (χ4v) is 5.16. The molecule has 0 bridgehead atoms. The van der Waals surface area contributed by atoms with Crippen molar-refractivity contribution < 1.29 is 22.7 Å². The van der Waals surface area contributed by atoms with Gasteiger partial charge >= 0.3 is 0 Å². The van der Waals surface area contributed by atoms with E-state index < -0.39 is 10.0 Å². The number of carbonyl (C=O) groups excluding carboxylic acids is 1. The van der Waals surface area contributed by atoms with Gasteiger partial charge in [0.05, 0.1) is 36.6 Å². The van der Waals surface area contributed by atoms with Crippen LogP contribution in [-0.4, -0.2) is 47.7 Å². The summed E-state index contributed by atoms with van der Waals surface area (Å²) in [6, 6.07) is 15.1. The van der Waals surface area contributed by atoms with E-state index in [0.29, 0.717) is 43.4 Å². The Balaban J connectivity index is 1.60. The van der Waals surface area contributed by atoms with Gasteiger partial charge in [0.25, 0.3) is 10.0 Å². The lowest BCUT2D eigenvalue weighted by Gasteiger charge is -2.30. The summed E-state index contributed by atoms with van der Waals surface area (Å²) < 4.78 is 39.2. The van der Waals surface area contributed by atoms with Gasteiger partial charge in [0, 0.05) is 29.7 Å². The average molecular weight is 500 g/mol. The summed E-state index contributed by atoms with van der Waals surface area (Å²) in [7, 11) is -2.35. The molecule has 3 aromatic rings. The van der Waals surface area contributed by atoms with Crippen molar-refractivity contribution in [1.29, 1.82) is 0 Å². The fraction of sp³-hybridized carbons (Fsp3) is 0.208. The molecule has 0 unspecified atom stereocenters. The molecule has 1 aliphatic rings. The lowest BCUT2D eigenvalue weighted by atomic mass is 10.2. The molecule has 1 aliphatic heterocycles. The van der Waals surface area contributed by atoms with Gasteiger partial charge in [0.15, 0.2) is 0 Å². The van der Waals surface area contributed by atoms with Gasteiger partial charge in [-0.25, -0.2) is 8.42 Å². The summed E-state index contributed by atoms with van der Waals surface area (Å²) in [6.45, 7) is 2.41. The summed E-state index contributed by atoms with van der Waals surface area (Å²) in [5.41, 5.74) is 1.56. The second kappa shape index (κ2) is 10.7. The van der Waals surface area contributed by atoms with Gasteiger partial charge in [-0.3, -0.25) is 9.52 Å². The molecule has 178 valence electrons. The highest BCUT2D eigenvalue weighted by Crippen LogP contribution is 2.31. The van der Waals surface area contributed by atoms with E-state index in [1.165, 1.54) is 29.5 Å². The molecule has 4 rings (SSSR count). The van der Waals surface area contributed by atoms with Gasteiger partial charge in [-0.15, -0.1) is 11.3 Å². The van der Waals surface area contributed by atoms with Gasteiger partial charge in [-0.05, 0) is 60.0 Å². The Labute approximate surface area is 202 Å². The van der Waals surface area contributed by atoms with E-state index >= 15 is 0 Å². The summed E-state index contributed by atoms with van der Waals surface area (Å²) in [4.78, 5) is 15.7. The molecule has 1 saturated heterocycles. The highest BCUT2D eigenvalue weighted by atomic mass is 32.2. The highest BCUT2D eigenvalue weighted by molar-refractivity contribution is 7.92. The zero-order valence-corrected chi connectivity index (χ0v) is 20.2. The third kappa shape index (κ3) is 5.96. The standard InChI is InChI=1S/C24H25N3O5S2/c1-31-19-6-4-18(5-7-19)26-34(29,30)21-9-10-23(27-12-14-32-15-13-27)22(17-21)25-24(28)11-8-20-3-2-16-33-20/h2-11,16-17,26H,12-15H2,1H3,(H,25,28). The number of anilines is 3. The first-order chi connectivity index (χ1) is 16.4. The zero-order valence-electron chi connectivity index (χ0n) is 18.6. The average Bonchev–Trinajstić information content (AvgIpc) is 3.37. The molecule has 0 spiro atoms. The predicted molar refractivity (Wildman–Crippen MR) is 135 cm³/mol. The molecular weight excluding hydrogens is 474 g/mol. The van der Waals surface area contributed by atoms with E-state index in [-0.39, 0.29) is 10.8 Å². The lowest BCUT2D eigenvalue weighted by molar-refractivity contribution is -0.111. The molecule has 0 saturated carbocycles. The van der Waals surface area contributed by atoms with Crippen LogP contribution in [0.15, 0.2) is 70.9 Å². The number of hydrogen-bond donors (Lipinski definition) is 2. The lowest BCUT2D eigenvalue weighted by Crippen LogP contribution is -2.36. The van der Waals surface area contributed by atoms with Crippen LogP contribution in [0.1, 0.15) is 4.88 Å². The number of sulfonamides is 1. The topological polar surface area (TPSA) is 97.0 Å². The Morgan fingerprint density at radius 1 is 1.12 bits per heavy atom. The summed E-state index contributed by atoms with van der Waals surface area (Å²) in [5, 5.41) is 4.78. The van der Waals surface area contributed by atoms with Gasteiger partial charge in [0.2, 0.25) is 5.91 Å². The Morgan fingerprint density at radius 2 is 1.88 bits per heavy atom. The van der Waals surface area contributed by atoms with Crippen LogP contribution in [0.25, 0.3) is 6.08 Å². The number of ether oxygens (including phenoxy) is 2. The number of thiophene rings is 1. The van der Waals surface area contributed by atoms with E-state index in [9.17, 15) is 13.2 Å². The number of nitrogens with zero attached hydrogens (tertiary/aromatic N) is 1. The molecule has 0 aliphatic carbocycles. The number of methoxy groups -OCH3 is 1. The molecule has 8 nitrogen and oxygen atoms in total. The third-order valence-electron chi connectivity index (χ3n) is 5.17. The zero-order chi connectivity index (χ0) is 24.0.